The molecule has 0 amide bonds. The van der Waals surface area contributed by atoms with Crippen LogP contribution in [-0.4, -0.2) is 14.4 Å². The highest BCUT2D eigenvalue weighted by molar-refractivity contribution is 7.13. The highest BCUT2D eigenvalue weighted by Gasteiger charge is 2.04. The fourth-order valence-electron chi connectivity index (χ4n) is 1.39. The fraction of sp³-hybridized carbons (Fsp3) is 0. The van der Waals surface area contributed by atoms with Crippen molar-refractivity contribution in [3.05, 3.63) is 42.2 Å². The van der Waals surface area contributed by atoms with E-state index in [1.54, 1.807) is 17.5 Å². The zero-order chi connectivity index (χ0) is 9.38. The van der Waals surface area contributed by atoms with Crippen LogP contribution in [0, 0.1) is 0 Å². The molecule has 3 nitrogen and oxygen atoms in total. The molecular weight excluding hydrogens is 194 g/mol. The zero-order valence-electron chi connectivity index (χ0n) is 7.29. The predicted molar refractivity (Wildman–Crippen MR) is 56.3 cm³/mol. The number of hydrogen-bond donors (Lipinski definition) is 0. The van der Waals surface area contributed by atoms with E-state index in [4.69, 9.17) is 0 Å². The molecule has 0 bridgehead atoms. The molecule has 0 fully saturated rings. The van der Waals surface area contributed by atoms with Gasteiger partial charge in [-0.2, -0.15) is 0 Å². The van der Waals surface area contributed by atoms with E-state index < -0.39 is 0 Å². The Labute approximate surface area is 84.7 Å². The summed E-state index contributed by atoms with van der Waals surface area (Å²) in [6.45, 7) is 0. The Morgan fingerprint density at radius 1 is 1.29 bits per heavy atom. The maximum absolute atomic E-state index is 4.47. The van der Waals surface area contributed by atoms with Crippen LogP contribution >= 0.6 is 11.3 Å². The quantitative estimate of drug-likeness (QED) is 0.605. The van der Waals surface area contributed by atoms with E-state index in [1.807, 2.05) is 40.4 Å². The van der Waals surface area contributed by atoms with Crippen molar-refractivity contribution in [1.29, 1.82) is 0 Å². The van der Waals surface area contributed by atoms with Crippen LogP contribution in [0.4, 0.5) is 0 Å². The van der Waals surface area contributed by atoms with Gasteiger partial charge in [0.25, 0.3) is 0 Å². The lowest BCUT2D eigenvalue weighted by atomic mass is 10.5. The van der Waals surface area contributed by atoms with E-state index in [-0.39, 0.29) is 0 Å². The molecule has 0 unspecified atom stereocenters. The lowest BCUT2D eigenvalue weighted by Crippen LogP contribution is -1.77. The second-order valence-electron chi connectivity index (χ2n) is 2.93. The predicted octanol–water partition coefficient (Wildman–Crippen LogP) is 2.46. The maximum atomic E-state index is 4.47. The molecule has 3 heterocycles. The van der Waals surface area contributed by atoms with Crippen LogP contribution in [0.15, 0.2) is 42.2 Å². The van der Waals surface area contributed by atoms with Gasteiger partial charge in [-0.3, -0.25) is 0 Å². The van der Waals surface area contributed by atoms with Crippen molar-refractivity contribution in [3.63, 3.8) is 0 Å². The highest BCUT2D eigenvalue weighted by Crippen LogP contribution is 2.20. The molecule has 0 spiro atoms. The first-order valence-electron chi connectivity index (χ1n) is 4.27. The molecule has 0 atom stereocenters. The van der Waals surface area contributed by atoms with Crippen LogP contribution in [0.3, 0.4) is 0 Å². The zero-order valence-corrected chi connectivity index (χ0v) is 8.11. The van der Waals surface area contributed by atoms with Crippen LogP contribution in [0.1, 0.15) is 0 Å². The van der Waals surface area contributed by atoms with Crippen molar-refractivity contribution < 1.29 is 0 Å². The Morgan fingerprint density at radius 2 is 2.29 bits per heavy atom. The van der Waals surface area contributed by atoms with E-state index in [2.05, 4.69) is 9.97 Å². The number of fused-ring (bicyclic) bond motifs is 1. The minimum absolute atomic E-state index is 0.936. The summed E-state index contributed by atoms with van der Waals surface area (Å²) in [6, 6.07) is 5.95. The Bertz CT molecular complexity index is 521. The Kier molecular flexibility index (Phi) is 1.61. The van der Waals surface area contributed by atoms with Gasteiger partial charge in [-0.25, -0.2) is 9.97 Å². The number of rotatable bonds is 1. The van der Waals surface area contributed by atoms with Gasteiger partial charge in [0, 0.05) is 24.0 Å². The monoisotopic (exact) mass is 201 g/mol. The fourth-order valence-corrected chi connectivity index (χ4v) is 1.98. The van der Waals surface area contributed by atoms with Crippen molar-refractivity contribution in [2.24, 2.45) is 0 Å². The average Bonchev–Trinajstić information content (AvgIpc) is 2.86. The van der Waals surface area contributed by atoms with Gasteiger partial charge in [-0.15, -0.1) is 11.3 Å². The lowest BCUT2D eigenvalue weighted by molar-refractivity contribution is 1.19. The van der Waals surface area contributed by atoms with Gasteiger partial charge in [0.15, 0.2) is 0 Å². The molecule has 0 N–H and O–H groups in total. The first kappa shape index (κ1) is 7.70. The number of hydrogen-bond acceptors (Lipinski definition) is 3. The molecule has 14 heavy (non-hydrogen) atoms. The third-order valence-corrected chi connectivity index (χ3v) is 2.81. The van der Waals surface area contributed by atoms with Gasteiger partial charge >= 0.3 is 0 Å². The van der Waals surface area contributed by atoms with Gasteiger partial charge in [-0.1, -0.05) is 6.07 Å². The molecule has 3 aromatic heterocycles. The standard InChI is InChI=1S/C10H7N3S/c1-2-5-13-7-8(12-9(13)3-1)10-11-4-6-14-10/h1-7H. The Morgan fingerprint density at radius 3 is 3.07 bits per heavy atom. The molecule has 3 rings (SSSR count). The van der Waals surface area contributed by atoms with Gasteiger partial charge in [-0.05, 0) is 12.1 Å². The topological polar surface area (TPSA) is 30.2 Å². The van der Waals surface area contributed by atoms with Gasteiger partial charge in [0.05, 0.1) is 0 Å². The maximum Gasteiger partial charge on any atom is 0.143 e. The summed E-state index contributed by atoms with van der Waals surface area (Å²) in [5.41, 5.74) is 1.89. The molecule has 68 valence electrons. The third-order valence-electron chi connectivity index (χ3n) is 2.02. The van der Waals surface area contributed by atoms with Gasteiger partial charge in [0.2, 0.25) is 0 Å². The third kappa shape index (κ3) is 1.12. The largest absolute Gasteiger partial charge is 0.306 e. The van der Waals surface area contributed by atoms with Gasteiger partial charge < -0.3 is 4.40 Å². The minimum atomic E-state index is 0.936. The Balaban J connectivity index is 2.24. The molecular formula is C10H7N3S. The second kappa shape index (κ2) is 2.92. The molecule has 4 heteroatoms. The van der Waals surface area contributed by atoms with E-state index in [9.17, 15) is 0 Å². The molecule has 3 aromatic rings. The molecule has 0 aliphatic rings. The second-order valence-corrected chi connectivity index (χ2v) is 3.82. The first-order valence-corrected chi connectivity index (χ1v) is 5.15. The lowest BCUT2D eigenvalue weighted by Gasteiger charge is -1.86. The summed E-state index contributed by atoms with van der Waals surface area (Å²) in [7, 11) is 0. The van der Waals surface area contributed by atoms with Crippen molar-refractivity contribution in [2.45, 2.75) is 0 Å². The molecule has 0 aromatic carbocycles. The van der Waals surface area contributed by atoms with E-state index >= 15 is 0 Å². The minimum Gasteiger partial charge on any atom is -0.306 e. The number of thiazole rings is 1. The van der Waals surface area contributed by atoms with Crippen LogP contribution in [0.5, 0.6) is 0 Å². The van der Waals surface area contributed by atoms with E-state index in [0.29, 0.717) is 0 Å². The molecule has 0 radical (unpaired) electrons. The summed E-state index contributed by atoms with van der Waals surface area (Å²) >= 11 is 1.60. The molecule has 0 saturated heterocycles. The summed E-state index contributed by atoms with van der Waals surface area (Å²) in [6.07, 6.45) is 5.78. The van der Waals surface area contributed by atoms with Crippen molar-refractivity contribution >= 4 is 17.0 Å². The average molecular weight is 201 g/mol. The van der Waals surface area contributed by atoms with Crippen LogP contribution in [-0.2, 0) is 0 Å². The first-order chi connectivity index (χ1) is 6.93. The SMILES string of the molecule is c1ccn2cc(-c3nccs3)nc2c1. The Hall–Kier alpha value is -1.68. The van der Waals surface area contributed by atoms with Crippen LogP contribution in [0.25, 0.3) is 16.3 Å². The van der Waals surface area contributed by atoms with Crippen LogP contribution in [0.2, 0.25) is 0 Å². The molecule has 0 saturated carbocycles. The number of aromatic nitrogens is 3. The normalized spacial score (nSPS) is 10.9. The summed E-state index contributed by atoms with van der Waals surface area (Å²) in [4.78, 5) is 8.69. The van der Waals surface area contributed by atoms with Crippen molar-refractivity contribution in [2.75, 3.05) is 0 Å². The number of nitrogens with zero attached hydrogens (tertiary/aromatic N) is 3. The summed E-state index contributed by atoms with van der Waals surface area (Å²) < 4.78 is 2.00. The van der Waals surface area contributed by atoms with Crippen molar-refractivity contribution in [1.82, 2.24) is 14.4 Å². The van der Waals surface area contributed by atoms with Crippen LogP contribution < -0.4 is 0 Å². The van der Waals surface area contributed by atoms with E-state index in [1.165, 1.54) is 0 Å². The summed E-state index contributed by atoms with van der Waals surface area (Å²) in [5, 5.41) is 2.92. The smallest absolute Gasteiger partial charge is 0.143 e. The molecule has 0 aliphatic carbocycles. The number of imidazole rings is 1. The van der Waals surface area contributed by atoms with Gasteiger partial charge in [0.1, 0.15) is 16.3 Å². The highest BCUT2D eigenvalue weighted by atomic mass is 32.1. The van der Waals surface area contributed by atoms with Crippen molar-refractivity contribution in [3.8, 4) is 10.7 Å². The molecule has 0 aliphatic heterocycles. The summed E-state index contributed by atoms with van der Waals surface area (Å²) in [5.74, 6) is 0. The number of pyridine rings is 1. The van der Waals surface area contributed by atoms with E-state index in [0.717, 1.165) is 16.3 Å².